The minimum Gasteiger partial charge on any atom is -0.325 e. The van der Waals surface area contributed by atoms with Gasteiger partial charge in [0.05, 0.1) is 22.5 Å². The topological polar surface area (TPSA) is 70.6 Å². The van der Waals surface area contributed by atoms with Gasteiger partial charge in [-0.3, -0.25) is 9.59 Å². The second-order valence-corrected chi connectivity index (χ2v) is 5.85. The Morgan fingerprint density at radius 2 is 1.70 bits per heavy atom. The number of rotatable bonds is 6. The van der Waals surface area contributed by atoms with E-state index >= 15 is 0 Å². The average Bonchev–Trinajstić information content (AvgIpc) is 2.62. The van der Waals surface area contributed by atoms with Gasteiger partial charge in [0.2, 0.25) is 11.8 Å². The number of benzene rings is 2. The van der Waals surface area contributed by atoms with Crippen LogP contribution >= 0.6 is 11.6 Å². The number of anilines is 1. The predicted molar refractivity (Wildman–Crippen MR) is 96.5 cm³/mol. The zero-order valence-electron chi connectivity index (χ0n) is 13.9. The highest BCUT2D eigenvalue weighted by molar-refractivity contribution is 6.33. The van der Waals surface area contributed by atoms with Crippen molar-refractivity contribution in [3.05, 3.63) is 64.7 Å². The van der Waals surface area contributed by atoms with Crippen LogP contribution in [0.3, 0.4) is 0 Å². The average molecular weight is 398 g/mol. The first kappa shape index (κ1) is 20.4. The van der Waals surface area contributed by atoms with Gasteiger partial charge in [-0.15, -0.1) is 0 Å². The predicted octanol–water partition coefficient (Wildman–Crippen LogP) is 4.23. The van der Waals surface area contributed by atoms with Crippen molar-refractivity contribution < 1.29 is 22.8 Å². The van der Waals surface area contributed by atoms with E-state index in [9.17, 15) is 22.8 Å². The Morgan fingerprint density at radius 1 is 1.04 bits per heavy atom. The van der Waals surface area contributed by atoms with Gasteiger partial charge in [0.25, 0.3) is 0 Å². The summed E-state index contributed by atoms with van der Waals surface area (Å²) in [6.07, 6.45) is -3.53. The molecule has 2 aromatic carbocycles. The molecular weight excluding hydrogens is 383 g/mol. The number of hydrazone groups is 1. The number of hydrogen-bond donors (Lipinski definition) is 2. The maximum Gasteiger partial charge on any atom is 0.416 e. The van der Waals surface area contributed by atoms with E-state index in [0.29, 0.717) is 0 Å². The van der Waals surface area contributed by atoms with Crippen LogP contribution in [0.2, 0.25) is 5.02 Å². The first-order valence-electron chi connectivity index (χ1n) is 7.79. The second-order valence-electron chi connectivity index (χ2n) is 5.44. The standard InChI is InChI=1S/C18H15ClF3N3O2/c19-14-7-6-13(18(20,21)22)10-15(14)24-16(26)8-9-17(27)25-23-11-12-4-2-1-3-5-12/h1-7,10-11H,8-9H2,(H,24,26)(H,25,27). The van der Waals surface area contributed by atoms with Gasteiger partial charge >= 0.3 is 6.18 Å². The molecule has 0 aliphatic rings. The molecule has 0 atom stereocenters. The number of carbonyl (C=O) groups excluding carboxylic acids is 2. The fraction of sp³-hybridized carbons (Fsp3) is 0.167. The minimum atomic E-state index is -4.55. The van der Waals surface area contributed by atoms with Crippen molar-refractivity contribution in [3.63, 3.8) is 0 Å². The van der Waals surface area contributed by atoms with Crippen molar-refractivity contribution >= 4 is 35.3 Å². The number of nitrogens with zero attached hydrogens (tertiary/aromatic N) is 1. The van der Waals surface area contributed by atoms with Crippen LogP contribution < -0.4 is 10.7 Å². The normalized spacial score (nSPS) is 11.4. The third kappa shape index (κ3) is 6.74. The molecule has 0 aromatic heterocycles. The summed E-state index contributed by atoms with van der Waals surface area (Å²) in [5.74, 6) is -1.15. The van der Waals surface area contributed by atoms with Crippen molar-refractivity contribution in [3.8, 4) is 0 Å². The Morgan fingerprint density at radius 3 is 2.37 bits per heavy atom. The third-order valence-corrected chi connectivity index (χ3v) is 3.68. The maximum absolute atomic E-state index is 12.7. The van der Waals surface area contributed by atoms with Crippen molar-refractivity contribution in [1.82, 2.24) is 5.43 Å². The maximum atomic E-state index is 12.7. The lowest BCUT2D eigenvalue weighted by Crippen LogP contribution is -2.21. The van der Waals surface area contributed by atoms with E-state index in [1.165, 1.54) is 6.21 Å². The molecule has 0 spiro atoms. The summed E-state index contributed by atoms with van der Waals surface area (Å²) in [5, 5.41) is 5.99. The number of halogens is 4. The molecule has 0 aliphatic carbocycles. The quantitative estimate of drug-likeness (QED) is 0.565. The third-order valence-electron chi connectivity index (χ3n) is 3.35. The summed E-state index contributed by atoms with van der Waals surface area (Å²) in [6.45, 7) is 0. The number of nitrogens with one attached hydrogen (secondary N) is 2. The summed E-state index contributed by atoms with van der Waals surface area (Å²) in [6, 6.07) is 11.7. The number of carbonyl (C=O) groups is 2. The SMILES string of the molecule is O=C(CCC(=O)Nc1cc(C(F)(F)F)ccc1Cl)NN=Cc1ccccc1. The van der Waals surface area contributed by atoms with Crippen LogP contribution in [0.5, 0.6) is 0 Å². The van der Waals surface area contributed by atoms with E-state index in [-0.39, 0.29) is 23.6 Å². The van der Waals surface area contributed by atoms with Gasteiger partial charge in [-0.05, 0) is 23.8 Å². The Bertz CT molecular complexity index is 839. The Labute approximate surface area is 158 Å². The summed E-state index contributed by atoms with van der Waals surface area (Å²) < 4.78 is 38.1. The zero-order valence-corrected chi connectivity index (χ0v) is 14.6. The molecule has 142 valence electrons. The number of alkyl halides is 3. The summed E-state index contributed by atoms with van der Waals surface area (Å²) in [7, 11) is 0. The van der Waals surface area contributed by atoms with Gasteiger partial charge in [-0.25, -0.2) is 5.43 Å². The first-order chi connectivity index (χ1) is 12.8. The summed E-state index contributed by atoms with van der Waals surface area (Å²) in [5.41, 5.74) is 1.95. The number of hydrogen-bond acceptors (Lipinski definition) is 3. The van der Waals surface area contributed by atoms with Crippen molar-refractivity contribution in [2.24, 2.45) is 5.10 Å². The van der Waals surface area contributed by atoms with Crippen LogP contribution in [0, 0.1) is 0 Å². The molecule has 0 saturated heterocycles. The molecule has 9 heteroatoms. The van der Waals surface area contributed by atoms with Gasteiger partial charge < -0.3 is 5.32 Å². The van der Waals surface area contributed by atoms with Gasteiger partial charge in [-0.2, -0.15) is 18.3 Å². The molecule has 0 unspecified atom stereocenters. The molecule has 2 amide bonds. The van der Waals surface area contributed by atoms with Crippen LogP contribution in [0.4, 0.5) is 18.9 Å². The highest BCUT2D eigenvalue weighted by atomic mass is 35.5. The van der Waals surface area contributed by atoms with E-state index in [0.717, 1.165) is 23.8 Å². The van der Waals surface area contributed by atoms with E-state index in [4.69, 9.17) is 11.6 Å². The first-order valence-corrected chi connectivity index (χ1v) is 8.17. The molecule has 27 heavy (non-hydrogen) atoms. The summed E-state index contributed by atoms with van der Waals surface area (Å²) >= 11 is 5.80. The lowest BCUT2D eigenvalue weighted by molar-refractivity contribution is -0.137. The van der Waals surface area contributed by atoms with Crippen LogP contribution in [0.1, 0.15) is 24.0 Å². The van der Waals surface area contributed by atoms with Crippen LogP contribution in [0.15, 0.2) is 53.6 Å². The molecule has 0 radical (unpaired) electrons. The Kier molecular flexibility index (Phi) is 6.95. The van der Waals surface area contributed by atoms with Gasteiger partial charge in [0, 0.05) is 12.8 Å². The fourth-order valence-corrected chi connectivity index (χ4v) is 2.18. The van der Waals surface area contributed by atoms with Crippen molar-refractivity contribution in [2.45, 2.75) is 19.0 Å². The zero-order chi connectivity index (χ0) is 19.9. The van der Waals surface area contributed by atoms with Gasteiger partial charge in [0.15, 0.2) is 0 Å². The van der Waals surface area contributed by atoms with Crippen LogP contribution in [-0.2, 0) is 15.8 Å². The van der Waals surface area contributed by atoms with Crippen molar-refractivity contribution in [2.75, 3.05) is 5.32 Å². The largest absolute Gasteiger partial charge is 0.416 e. The number of amides is 2. The van der Waals surface area contributed by atoms with Crippen LogP contribution in [-0.4, -0.2) is 18.0 Å². The molecule has 2 N–H and O–H groups in total. The lowest BCUT2D eigenvalue weighted by atomic mass is 10.2. The molecule has 0 heterocycles. The van der Waals surface area contributed by atoms with E-state index in [1.54, 1.807) is 12.1 Å². The molecule has 0 aliphatic heterocycles. The lowest BCUT2D eigenvalue weighted by Gasteiger charge is -2.11. The molecule has 0 saturated carbocycles. The monoisotopic (exact) mass is 397 g/mol. The highest BCUT2D eigenvalue weighted by Gasteiger charge is 2.31. The van der Waals surface area contributed by atoms with Gasteiger partial charge in [-0.1, -0.05) is 41.9 Å². The second kappa shape index (κ2) is 9.18. The van der Waals surface area contributed by atoms with Gasteiger partial charge in [0.1, 0.15) is 0 Å². The van der Waals surface area contributed by atoms with E-state index < -0.39 is 23.6 Å². The molecule has 2 rings (SSSR count). The fourth-order valence-electron chi connectivity index (χ4n) is 2.01. The molecule has 2 aromatic rings. The Hall–Kier alpha value is -2.87. The Balaban J connectivity index is 1.84. The molecule has 5 nitrogen and oxygen atoms in total. The minimum absolute atomic E-state index is 0.0340. The smallest absolute Gasteiger partial charge is 0.325 e. The van der Waals surface area contributed by atoms with Crippen LogP contribution in [0.25, 0.3) is 0 Å². The molecule has 0 bridgehead atoms. The summed E-state index contributed by atoms with van der Waals surface area (Å²) in [4.78, 5) is 23.5. The highest BCUT2D eigenvalue weighted by Crippen LogP contribution is 2.33. The molecular formula is C18H15ClF3N3O2. The molecule has 0 fully saturated rings. The van der Waals surface area contributed by atoms with E-state index in [2.05, 4.69) is 15.8 Å². The van der Waals surface area contributed by atoms with E-state index in [1.807, 2.05) is 18.2 Å². The van der Waals surface area contributed by atoms with Crippen molar-refractivity contribution in [1.29, 1.82) is 0 Å².